The lowest BCUT2D eigenvalue weighted by molar-refractivity contribution is 0.207. The van der Waals surface area contributed by atoms with Gasteiger partial charge in [-0.1, -0.05) is 11.8 Å². The Morgan fingerprint density at radius 3 is 2.80 bits per heavy atom. The van der Waals surface area contributed by atoms with Crippen LogP contribution in [0.15, 0.2) is 11.5 Å². The Bertz CT molecular complexity index is 456. The van der Waals surface area contributed by atoms with Gasteiger partial charge < -0.3 is 9.67 Å². The van der Waals surface area contributed by atoms with Crippen molar-refractivity contribution in [3.8, 4) is 0 Å². The minimum atomic E-state index is -3.09. The molecule has 2 rings (SSSR count). The van der Waals surface area contributed by atoms with E-state index >= 15 is 0 Å². The smallest absolute Gasteiger partial charge is 0.191 e. The van der Waals surface area contributed by atoms with Gasteiger partial charge in [0.15, 0.2) is 15.0 Å². The van der Waals surface area contributed by atoms with Crippen LogP contribution in [0.3, 0.4) is 0 Å². The van der Waals surface area contributed by atoms with Gasteiger partial charge >= 0.3 is 0 Å². The Hall–Kier alpha value is -0.600. The summed E-state index contributed by atoms with van der Waals surface area (Å²) >= 11 is 1.26. The van der Waals surface area contributed by atoms with Crippen LogP contribution in [-0.4, -0.2) is 51.1 Å². The molecule has 15 heavy (non-hydrogen) atoms. The van der Waals surface area contributed by atoms with Crippen LogP contribution in [0.1, 0.15) is 0 Å². The normalized spacial score (nSPS) is 29.5. The molecule has 8 heteroatoms. The molecule has 1 aromatic heterocycles. The molecule has 0 radical (unpaired) electrons. The topological polar surface area (TPSA) is 85.1 Å². The fourth-order valence-electron chi connectivity index (χ4n) is 1.42. The van der Waals surface area contributed by atoms with E-state index in [-0.39, 0.29) is 16.8 Å². The van der Waals surface area contributed by atoms with Gasteiger partial charge in [0.05, 0.1) is 22.9 Å². The van der Waals surface area contributed by atoms with Gasteiger partial charge in [0.1, 0.15) is 6.33 Å². The zero-order valence-corrected chi connectivity index (χ0v) is 9.70. The lowest BCUT2D eigenvalue weighted by Gasteiger charge is -2.10. The Kier molecular flexibility index (Phi) is 2.73. The molecule has 2 atom stereocenters. The summed E-state index contributed by atoms with van der Waals surface area (Å²) in [5.41, 5.74) is 0. The molecule has 2 heterocycles. The second kappa shape index (κ2) is 3.76. The predicted octanol–water partition coefficient (Wildman–Crippen LogP) is -0.935. The second-order valence-corrected chi connectivity index (χ2v) is 6.89. The van der Waals surface area contributed by atoms with E-state index in [0.717, 1.165) is 0 Å². The monoisotopic (exact) mass is 249 g/mol. The summed E-state index contributed by atoms with van der Waals surface area (Å²) in [7, 11) is -1.31. The minimum absolute atomic E-state index is 0.00565. The standard InChI is InChI=1S/C7H11N3O3S2/c1-10-4-8-9-7(10)14-6-3-15(12,13)2-5(6)11/h4-6,11H,2-3H2,1H3/t5-,6-/m1/s1. The molecule has 0 saturated carbocycles. The Morgan fingerprint density at radius 2 is 2.33 bits per heavy atom. The molecule has 0 aromatic carbocycles. The lowest BCUT2D eigenvalue weighted by Crippen LogP contribution is -2.20. The summed E-state index contributed by atoms with van der Waals surface area (Å²) in [6, 6.07) is 0. The Labute approximate surface area is 91.6 Å². The highest BCUT2D eigenvalue weighted by molar-refractivity contribution is 8.01. The van der Waals surface area contributed by atoms with E-state index in [0.29, 0.717) is 5.16 Å². The summed E-state index contributed by atoms with van der Waals surface area (Å²) in [6.07, 6.45) is 0.731. The number of hydrogen-bond donors (Lipinski definition) is 1. The largest absolute Gasteiger partial charge is 0.391 e. The number of hydrogen-bond acceptors (Lipinski definition) is 6. The maximum atomic E-state index is 11.2. The summed E-state index contributed by atoms with van der Waals surface area (Å²) in [5, 5.41) is 17.4. The van der Waals surface area contributed by atoms with Crippen molar-refractivity contribution in [3.05, 3.63) is 6.33 Å². The van der Waals surface area contributed by atoms with Crippen LogP contribution < -0.4 is 0 Å². The molecule has 1 fully saturated rings. The Morgan fingerprint density at radius 1 is 1.60 bits per heavy atom. The van der Waals surface area contributed by atoms with Gasteiger partial charge in [-0.15, -0.1) is 10.2 Å². The molecule has 1 saturated heterocycles. The van der Waals surface area contributed by atoms with E-state index in [2.05, 4.69) is 10.2 Å². The molecule has 0 amide bonds. The van der Waals surface area contributed by atoms with E-state index in [9.17, 15) is 13.5 Å². The molecule has 1 N–H and O–H groups in total. The van der Waals surface area contributed by atoms with Crippen LogP contribution in [0.2, 0.25) is 0 Å². The van der Waals surface area contributed by atoms with E-state index in [4.69, 9.17) is 0 Å². The molecular weight excluding hydrogens is 238 g/mol. The first-order valence-corrected chi connectivity index (χ1v) is 7.07. The maximum Gasteiger partial charge on any atom is 0.191 e. The zero-order valence-electron chi connectivity index (χ0n) is 8.07. The molecule has 0 bridgehead atoms. The highest BCUT2D eigenvalue weighted by atomic mass is 32.2. The third kappa shape index (κ3) is 2.32. The summed E-state index contributed by atoms with van der Waals surface area (Å²) in [6.45, 7) is 0. The van der Waals surface area contributed by atoms with Crippen molar-refractivity contribution >= 4 is 21.6 Å². The van der Waals surface area contributed by atoms with Gasteiger partial charge in [-0.3, -0.25) is 0 Å². The molecule has 84 valence electrons. The third-order valence-electron chi connectivity index (χ3n) is 2.20. The number of aliphatic hydroxyl groups is 1. The average Bonchev–Trinajstić information content (AvgIpc) is 2.59. The van der Waals surface area contributed by atoms with Crippen LogP contribution in [0.5, 0.6) is 0 Å². The molecule has 1 aromatic rings. The van der Waals surface area contributed by atoms with Crippen LogP contribution in [0, 0.1) is 0 Å². The fraction of sp³-hybridized carbons (Fsp3) is 0.714. The number of aryl methyl sites for hydroxylation is 1. The minimum Gasteiger partial charge on any atom is -0.391 e. The van der Waals surface area contributed by atoms with Crippen molar-refractivity contribution in [1.29, 1.82) is 0 Å². The molecule has 6 nitrogen and oxygen atoms in total. The zero-order chi connectivity index (χ0) is 11.1. The van der Waals surface area contributed by atoms with E-state index in [1.54, 1.807) is 11.6 Å². The van der Waals surface area contributed by atoms with Crippen LogP contribution >= 0.6 is 11.8 Å². The fourth-order valence-corrected chi connectivity index (χ4v) is 4.88. The first kappa shape index (κ1) is 10.9. The van der Waals surface area contributed by atoms with Crippen molar-refractivity contribution in [3.63, 3.8) is 0 Å². The molecule has 0 unspecified atom stereocenters. The van der Waals surface area contributed by atoms with Gasteiger partial charge in [-0.25, -0.2) is 8.42 Å². The van der Waals surface area contributed by atoms with Gasteiger partial charge in [0, 0.05) is 7.05 Å². The summed E-state index contributed by atoms with van der Waals surface area (Å²) < 4.78 is 24.2. The van der Waals surface area contributed by atoms with Gasteiger partial charge in [-0.2, -0.15) is 0 Å². The maximum absolute atomic E-state index is 11.2. The average molecular weight is 249 g/mol. The summed E-state index contributed by atoms with van der Waals surface area (Å²) in [5.74, 6) is -0.145. The SMILES string of the molecule is Cn1cnnc1S[C@@H]1CS(=O)(=O)C[C@H]1O. The van der Waals surface area contributed by atoms with Gasteiger partial charge in [0.2, 0.25) is 0 Å². The van der Waals surface area contributed by atoms with Crippen molar-refractivity contribution in [2.24, 2.45) is 7.05 Å². The van der Waals surface area contributed by atoms with Crippen LogP contribution in [-0.2, 0) is 16.9 Å². The van der Waals surface area contributed by atoms with Gasteiger partial charge in [-0.05, 0) is 0 Å². The number of aromatic nitrogens is 3. The van der Waals surface area contributed by atoms with E-state index < -0.39 is 15.9 Å². The van der Waals surface area contributed by atoms with Crippen molar-refractivity contribution in [2.45, 2.75) is 16.5 Å². The third-order valence-corrected chi connectivity index (χ3v) is 5.49. The molecule has 0 aliphatic carbocycles. The lowest BCUT2D eigenvalue weighted by atomic mass is 10.3. The van der Waals surface area contributed by atoms with Crippen molar-refractivity contribution in [2.75, 3.05) is 11.5 Å². The molecule has 1 aliphatic rings. The highest BCUT2D eigenvalue weighted by Crippen LogP contribution is 2.29. The predicted molar refractivity (Wildman–Crippen MR) is 55.3 cm³/mol. The van der Waals surface area contributed by atoms with Crippen molar-refractivity contribution < 1.29 is 13.5 Å². The highest BCUT2D eigenvalue weighted by Gasteiger charge is 2.37. The number of thioether (sulfide) groups is 1. The van der Waals surface area contributed by atoms with Gasteiger partial charge in [0.25, 0.3) is 0 Å². The number of aliphatic hydroxyl groups excluding tert-OH is 1. The quantitative estimate of drug-likeness (QED) is 0.728. The van der Waals surface area contributed by atoms with Crippen molar-refractivity contribution in [1.82, 2.24) is 14.8 Å². The number of sulfone groups is 1. The van der Waals surface area contributed by atoms with E-state index in [1.165, 1.54) is 18.1 Å². The number of rotatable bonds is 2. The number of nitrogens with zero attached hydrogens (tertiary/aromatic N) is 3. The van der Waals surface area contributed by atoms with Crippen LogP contribution in [0.4, 0.5) is 0 Å². The summed E-state index contributed by atoms with van der Waals surface area (Å²) in [4.78, 5) is 0. The molecule has 0 spiro atoms. The Balaban J connectivity index is 2.11. The van der Waals surface area contributed by atoms with E-state index in [1.807, 2.05) is 0 Å². The van der Waals surface area contributed by atoms with Crippen LogP contribution in [0.25, 0.3) is 0 Å². The molecular formula is C7H11N3O3S2. The second-order valence-electron chi connectivity index (χ2n) is 3.52. The first-order chi connectivity index (χ1) is 6.98. The first-order valence-electron chi connectivity index (χ1n) is 4.37. The molecule has 1 aliphatic heterocycles.